The van der Waals surface area contributed by atoms with Crippen molar-refractivity contribution in [2.45, 2.75) is 36.7 Å². The Hall–Kier alpha value is -5.75. The van der Waals surface area contributed by atoms with Gasteiger partial charge in [-0.3, -0.25) is 19.0 Å². The summed E-state index contributed by atoms with van der Waals surface area (Å²) in [7, 11) is -7.70. The van der Waals surface area contributed by atoms with Crippen LogP contribution < -0.4 is 14.2 Å². The number of carbonyl (C=O) groups is 2. The van der Waals surface area contributed by atoms with Crippen LogP contribution in [0.25, 0.3) is 0 Å². The number of carbonyl (C=O) groups excluding carboxylic acids is 2. The smallest absolute Gasteiger partial charge is 0.261 e. The van der Waals surface area contributed by atoms with E-state index in [-0.39, 0.29) is 44.4 Å². The average molecular weight is 781 g/mol. The molecule has 0 unspecified atom stereocenters. The van der Waals surface area contributed by atoms with E-state index in [0.29, 0.717) is 27.5 Å². The fourth-order valence-electron chi connectivity index (χ4n) is 5.19. The maximum absolute atomic E-state index is 12.8. The van der Waals surface area contributed by atoms with Gasteiger partial charge in [0.2, 0.25) is 0 Å². The fraction of sp³-hybridized carbons (Fsp3) is 0.0952. The highest BCUT2D eigenvalue weighted by atomic mass is 35.5. The first-order chi connectivity index (χ1) is 25.7. The first-order valence-corrected chi connectivity index (χ1v) is 20.0. The van der Waals surface area contributed by atoms with Crippen molar-refractivity contribution in [1.82, 2.24) is 0 Å². The summed E-state index contributed by atoms with van der Waals surface area (Å²) in [5, 5.41) is 0.444. The molecule has 0 fully saturated rings. The molecule has 6 aromatic carbocycles. The Morgan fingerprint density at radius 2 is 1.00 bits per heavy atom. The Balaban J connectivity index is 0.000000208. The molecule has 54 heavy (non-hydrogen) atoms. The maximum atomic E-state index is 12.8. The van der Waals surface area contributed by atoms with Crippen molar-refractivity contribution in [2.24, 2.45) is 0 Å². The van der Waals surface area contributed by atoms with E-state index in [9.17, 15) is 26.4 Å². The molecule has 0 aliphatic carbocycles. The molecule has 276 valence electrons. The summed E-state index contributed by atoms with van der Waals surface area (Å²) in [5.74, 6) is 0.0938. The van der Waals surface area contributed by atoms with E-state index in [1.54, 1.807) is 103 Å². The van der Waals surface area contributed by atoms with Crippen molar-refractivity contribution in [3.05, 3.63) is 184 Å². The van der Waals surface area contributed by atoms with Gasteiger partial charge in [-0.25, -0.2) is 16.8 Å². The summed E-state index contributed by atoms with van der Waals surface area (Å²) in [6.07, 6.45) is -0.00328. The lowest BCUT2D eigenvalue weighted by molar-refractivity contribution is 0.103. The van der Waals surface area contributed by atoms with Crippen molar-refractivity contribution in [2.75, 3.05) is 9.44 Å². The number of halogens is 1. The fourth-order valence-corrected chi connectivity index (χ4v) is 7.47. The Kier molecular flexibility index (Phi) is 12.7. The Morgan fingerprint density at radius 3 is 1.52 bits per heavy atom. The van der Waals surface area contributed by atoms with Gasteiger partial charge in [0.15, 0.2) is 11.6 Å². The number of hydrogen-bond donors (Lipinski definition) is 2. The molecule has 6 rings (SSSR count). The van der Waals surface area contributed by atoms with E-state index >= 15 is 0 Å². The molecule has 0 aliphatic rings. The van der Waals surface area contributed by atoms with Gasteiger partial charge in [-0.05, 0) is 93.6 Å². The van der Waals surface area contributed by atoms with Gasteiger partial charge in [0.25, 0.3) is 20.0 Å². The second-order valence-corrected chi connectivity index (χ2v) is 16.1. The second kappa shape index (κ2) is 17.4. The molecule has 12 heteroatoms. The van der Waals surface area contributed by atoms with Crippen LogP contribution in [0.5, 0.6) is 5.75 Å². The summed E-state index contributed by atoms with van der Waals surface area (Å²) in [6.45, 7) is 5.64. The number of anilines is 2. The molecular weight excluding hydrogens is 744 g/mol. The highest BCUT2D eigenvalue weighted by Crippen LogP contribution is 2.26. The van der Waals surface area contributed by atoms with Crippen molar-refractivity contribution >= 4 is 54.6 Å². The van der Waals surface area contributed by atoms with E-state index < -0.39 is 20.0 Å². The van der Waals surface area contributed by atoms with Crippen LogP contribution in [0, 0.1) is 6.92 Å². The predicted octanol–water partition coefficient (Wildman–Crippen LogP) is 9.19. The first kappa shape index (κ1) is 39.5. The van der Waals surface area contributed by atoms with Gasteiger partial charge in [0.1, 0.15) is 5.75 Å². The molecular formula is C42H37ClN2O7S2. The number of nitrogens with one attached hydrogen (secondary N) is 2. The summed E-state index contributed by atoms with van der Waals surface area (Å²) < 4.78 is 61.4. The number of ketones is 2. The van der Waals surface area contributed by atoms with E-state index in [4.69, 9.17) is 16.3 Å². The van der Waals surface area contributed by atoms with Crippen molar-refractivity contribution in [3.63, 3.8) is 0 Å². The zero-order valence-electron chi connectivity index (χ0n) is 29.6. The topological polar surface area (TPSA) is 136 Å². The molecule has 0 aromatic heterocycles. The summed E-state index contributed by atoms with van der Waals surface area (Å²) in [4.78, 5) is 25.8. The summed E-state index contributed by atoms with van der Waals surface area (Å²) >= 11 is 5.81. The van der Waals surface area contributed by atoms with Gasteiger partial charge in [-0.1, -0.05) is 96.0 Å². The molecule has 0 radical (unpaired) electrons. The standard InChI is InChI=1S/C22H21NO4S.C20H16ClNO3S/c1-16(2)27-18-12-14-19(15-13-18)28(25,26)23-21-11-7-6-10-20(21)22(24)17-8-4-3-5-9-17;1-14-7-12-19(18(13-14)20(23)15-5-3-2-4-6-15)22-26(24,25)17-10-8-16(21)9-11-17/h3-16,23H,1-2H3;2-13,22H,1H3. The summed E-state index contributed by atoms with van der Waals surface area (Å²) in [5.41, 5.74) is 2.90. The molecule has 0 atom stereocenters. The minimum absolute atomic E-state index is 0.00328. The molecule has 0 spiro atoms. The SMILES string of the molecule is CC(C)Oc1ccc(S(=O)(=O)Nc2ccccc2C(=O)c2ccccc2)cc1.Cc1ccc(NS(=O)(=O)c2ccc(Cl)cc2)c(C(=O)c2ccccc2)c1. The Labute approximate surface area is 320 Å². The van der Waals surface area contributed by atoms with E-state index in [2.05, 4.69) is 9.44 Å². The van der Waals surface area contributed by atoms with Gasteiger partial charge in [0, 0.05) is 27.3 Å². The normalized spacial score (nSPS) is 11.2. The van der Waals surface area contributed by atoms with Crippen LogP contribution in [0.4, 0.5) is 11.4 Å². The zero-order chi connectivity index (χ0) is 38.9. The van der Waals surface area contributed by atoms with Crippen LogP contribution in [-0.4, -0.2) is 34.5 Å². The molecule has 0 bridgehead atoms. The number of para-hydroxylation sites is 1. The minimum Gasteiger partial charge on any atom is -0.491 e. The third-order valence-corrected chi connectivity index (χ3v) is 10.8. The first-order valence-electron chi connectivity index (χ1n) is 16.7. The number of ether oxygens (including phenoxy) is 1. The maximum Gasteiger partial charge on any atom is 0.261 e. The number of rotatable bonds is 12. The minimum atomic E-state index is -3.85. The highest BCUT2D eigenvalue weighted by Gasteiger charge is 2.21. The Morgan fingerprint density at radius 1 is 0.556 bits per heavy atom. The van der Waals surface area contributed by atoms with Gasteiger partial charge in [0.05, 0.1) is 27.3 Å². The van der Waals surface area contributed by atoms with Crippen LogP contribution in [0.2, 0.25) is 5.02 Å². The van der Waals surface area contributed by atoms with Crippen LogP contribution in [-0.2, 0) is 20.0 Å². The number of aryl methyl sites for hydroxylation is 1. The van der Waals surface area contributed by atoms with Crippen LogP contribution in [0.1, 0.15) is 51.3 Å². The largest absolute Gasteiger partial charge is 0.491 e. The third kappa shape index (κ3) is 10.2. The van der Waals surface area contributed by atoms with E-state index in [1.807, 2.05) is 32.9 Å². The number of sulfonamides is 2. The lowest BCUT2D eigenvalue weighted by Crippen LogP contribution is -2.16. The summed E-state index contributed by atoms with van der Waals surface area (Å²) in [6, 6.07) is 41.0. The molecule has 0 saturated heterocycles. The van der Waals surface area contributed by atoms with Crippen molar-refractivity contribution in [1.29, 1.82) is 0 Å². The number of hydrogen-bond acceptors (Lipinski definition) is 7. The molecule has 0 heterocycles. The lowest BCUT2D eigenvalue weighted by Gasteiger charge is -2.13. The number of benzene rings is 6. The van der Waals surface area contributed by atoms with Gasteiger partial charge in [-0.15, -0.1) is 0 Å². The quantitative estimate of drug-likeness (QED) is 0.118. The Bertz CT molecular complexity index is 2460. The molecule has 9 nitrogen and oxygen atoms in total. The zero-order valence-corrected chi connectivity index (χ0v) is 32.0. The van der Waals surface area contributed by atoms with Gasteiger partial charge >= 0.3 is 0 Å². The molecule has 0 saturated carbocycles. The second-order valence-electron chi connectivity index (χ2n) is 12.3. The van der Waals surface area contributed by atoms with Gasteiger partial charge in [-0.2, -0.15) is 0 Å². The molecule has 2 N–H and O–H groups in total. The van der Waals surface area contributed by atoms with Crippen molar-refractivity contribution < 1.29 is 31.2 Å². The predicted molar refractivity (Wildman–Crippen MR) is 213 cm³/mol. The van der Waals surface area contributed by atoms with Crippen LogP contribution in [0.15, 0.2) is 161 Å². The molecule has 0 amide bonds. The van der Waals surface area contributed by atoms with Crippen molar-refractivity contribution in [3.8, 4) is 5.75 Å². The van der Waals surface area contributed by atoms with E-state index in [0.717, 1.165) is 5.56 Å². The van der Waals surface area contributed by atoms with Crippen LogP contribution in [0.3, 0.4) is 0 Å². The lowest BCUT2D eigenvalue weighted by atomic mass is 10.00. The third-order valence-electron chi connectivity index (χ3n) is 7.78. The monoisotopic (exact) mass is 780 g/mol. The molecule has 0 aliphatic heterocycles. The molecule has 6 aromatic rings. The average Bonchev–Trinajstić information content (AvgIpc) is 3.16. The van der Waals surface area contributed by atoms with E-state index in [1.165, 1.54) is 36.4 Å². The highest BCUT2D eigenvalue weighted by molar-refractivity contribution is 7.93. The van der Waals surface area contributed by atoms with Crippen LogP contribution >= 0.6 is 11.6 Å². The van der Waals surface area contributed by atoms with Gasteiger partial charge < -0.3 is 4.74 Å².